The van der Waals surface area contributed by atoms with Crippen molar-refractivity contribution in [2.45, 2.75) is 25.6 Å². The molecule has 2 unspecified atom stereocenters. The van der Waals surface area contributed by atoms with Gasteiger partial charge in [0.05, 0.1) is 6.10 Å². The van der Waals surface area contributed by atoms with Crippen LogP contribution >= 0.6 is 11.6 Å². The molecule has 0 fully saturated rings. The largest absolute Gasteiger partial charge is 0.390 e. The first-order chi connectivity index (χ1) is 7.06. The van der Waals surface area contributed by atoms with Gasteiger partial charge in [-0.3, -0.25) is 0 Å². The Hall–Kier alpha value is -0.840. The van der Waals surface area contributed by atoms with Gasteiger partial charge >= 0.3 is 0 Å². The van der Waals surface area contributed by atoms with Crippen molar-refractivity contribution in [3.05, 3.63) is 23.4 Å². The molecule has 1 aromatic heterocycles. The molecule has 84 valence electrons. The van der Waals surface area contributed by atoms with E-state index in [-0.39, 0.29) is 11.7 Å². The summed E-state index contributed by atoms with van der Waals surface area (Å²) in [4.78, 5) is 3.92. The molecule has 0 spiro atoms. The van der Waals surface area contributed by atoms with Crippen LogP contribution in [0.2, 0.25) is 0 Å². The van der Waals surface area contributed by atoms with Gasteiger partial charge in [0, 0.05) is 17.6 Å². The number of nitrogen functional groups attached to an aromatic ring is 1. The summed E-state index contributed by atoms with van der Waals surface area (Å²) in [5.74, 6) is 0.527. The minimum atomic E-state index is -1.03. The number of aliphatic hydroxyl groups is 2. The second-order valence-corrected chi connectivity index (χ2v) is 3.85. The number of rotatable bonds is 4. The van der Waals surface area contributed by atoms with Crippen molar-refractivity contribution in [3.63, 3.8) is 0 Å². The molecule has 0 aliphatic carbocycles. The third kappa shape index (κ3) is 3.06. The monoisotopic (exact) mass is 230 g/mol. The first-order valence-corrected chi connectivity index (χ1v) is 5.23. The maximum Gasteiger partial charge on any atom is 0.129 e. The number of aliphatic hydroxyl groups excluding tert-OH is 2. The van der Waals surface area contributed by atoms with Crippen LogP contribution in [0.1, 0.15) is 23.7 Å². The van der Waals surface area contributed by atoms with Crippen LogP contribution in [-0.2, 0) is 0 Å². The lowest BCUT2D eigenvalue weighted by Gasteiger charge is -2.18. The van der Waals surface area contributed by atoms with E-state index in [1.54, 1.807) is 12.3 Å². The number of aromatic nitrogens is 1. The Bertz CT molecular complexity index is 333. The molecule has 1 aromatic rings. The van der Waals surface area contributed by atoms with Gasteiger partial charge in [-0.1, -0.05) is 0 Å². The van der Waals surface area contributed by atoms with E-state index in [0.29, 0.717) is 12.0 Å². The molecule has 0 aliphatic heterocycles. The van der Waals surface area contributed by atoms with Gasteiger partial charge in [0.2, 0.25) is 0 Å². The zero-order chi connectivity index (χ0) is 11.4. The fourth-order valence-corrected chi connectivity index (χ4v) is 1.54. The number of nitrogens with zero attached hydrogens (tertiary/aromatic N) is 1. The summed E-state index contributed by atoms with van der Waals surface area (Å²) >= 11 is 5.48. The van der Waals surface area contributed by atoms with E-state index >= 15 is 0 Å². The number of anilines is 1. The quantitative estimate of drug-likeness (QED) is 0.674. The molecule has 0 aliphatic rings. The van der Waals surface area contributed by atoms with Crippen molar-refractivity contribution in [2.75, 3.05) is 11.6 Å². The van der Waals surface area contributed by atoms with Gasteiger partial charge in [-0.25, -0.2) is 4.98 Å². The maximum atomic E-state index is 9.80. The number of pyridine rings is 1. The van der Waals surface area contributed by atoms with Gasteiger partial charge < -0.3 is 15.9 Å². The zero-order valence-electron chi connectivity index (χ0n) is 8.52. The second kappa shape index (κ2) is 5.30. The fourth-order valence-electron chi connectivity index (χ4n) is 1.32. The maximum absolute atomic E-state index is 9.80. The number of hydrogen-bond acceptors (Lipinski definition) is 4. The summed E-state index contributed by atoms with van der Waals surface area (Å²) in [6, 6.07) is 1.71. The Morgan fingerprint density at radius 2 is 2.20 bits per heavy atom. The highest BCUT2D eigenvalue weighted by atomic mass is 35.5. The average Bonchev–Trinajstić information content (AvgIpc) is 2.21. The average molecular weight is 231 g/mol. The van der Waals surface area contributed by atoms with E-state index in [9.17, 15) is 10.2 Å². The van der Waals surface area contributed by atoms with E-state index in [2.05, 4.69) is 4.98 Å². The summed E-state index contributed by atoms with van der Waals surface area (Å²) in [5.41, 5.74) is 6.95. The number of alkyl halides is 1. The van der Waals surface area contributed by atoms with Crippen molar-refractivity contribution in [2.24, 2.45) is 0 Å². The Labute approximate surface area is 93.7 Å². The molecule has 4 nitrogen and oxygen atoms in total. The third-order valence-electron chi connectivity index (χ3n) is 2.17. The Balaban J connectivity index is 2.89. The van der Waals surface area contributed by atoms with Crippen LogP contribution in [0.5, 0.6) is 0 Å². The number of halogens is 1. The van der Waals surface area contributed by atoms with Gasteiger partial charge in [-0.15, -0.1) is 11.6 Å². The van der Waals surface area contributed by atoms with Crippen LogP contribution in [0.25, 0.3) is 0 Å². The van der Waals surface area contributed by atoms with Gasteiger partial charge in [0.25, 0.3) is 0 Å². The third-order valence-corrected chi connectivity index (χ3v) is 2.39. The predicted octanol–water partition coefficient (Wildman–Crippen LogP) is 0.995. The lowest BCUT2D eigenvalue weighted by Crippen LogP contribution is -2.20. The Kier molecular flexibility index (Phi) is 4.32. The number of nitrogens with two attached hydrogens (primary N) is 1. The zero-order valence-corrected chi connectivity index (χ0v) is 9.28. The highest BCUT2D eigenvalue weighted by Crippen LogP contribution is 2.24. The molecule has 15 heavy (non-hydrogen) atoms. The first-order valence-electron chi connectivity index (χ1n) is 4.70. The molecule has 0 aromatic carbocycles. The molecule has 1 rings (SSSR count). The van der Waals surface area contributed by atoms with E-state index in [1.165, 1.54) is 0 Å². The molecule has 1 heterocycles. The van der Waals surface area contributed by atoms with Crippen LogP contribution in [-0.4, -0.2) is 27.2 Å². The Morgan fingerprint density at radius 3 is 2.80 bits per heavy atom. The van der Waals surface area contributed by atoms with Gasteiger partial charge in [-0.2, -0.15) is 0 Å². The molecule has 0 radical (unpaired) electrons. The van der Waals surface area contributed by atoms with Crippen LogP contribution in [0.3, 0.4) is 0 Å². The molecular weight excluding hydrogens is 216 g/mol. The second-order valence-electron chi connectivity index (χ2n) is 3.48. The molecule has 0 amide bonds. The molecule has 2 atom stereocenters. The van der Waals surface area contributed by atoms with Crippen molar-refractivity contribution < 1.29 is 10.2 Å². The molecule has 5 heteroatoms. The lowest BCUT2D eigenvalue weighted by molar-refractivity contribution is 0.0172. The lowest BCUT2D eigenvalue weighted by atomic mass is 10.0. The van der Waals surface area contributed by atoms with Gasteiger partial charge in [-0.05, 0) is 25.0 Å². The van der Waals surface area contributed by atoms with Crippen molar-refractivity contribution in [1.29, 1.82) is 0 Å². The molecule has 0 saturated carbocycles. The van der Waals surface area contributed by atoms with Crippen LogP contribution in [0, 0.1) is 6.92 Å². The molecule has 0 bridgehead atoms. The van der Waals surface area contributed by atoms with E-state index < -0.39 is 12.2 Å². The molecule has 4 N–H and O–H groups in total. The van der Waals surface area contributed by atoms with Crippen LogP contribution < -0.4 is 5.73 Å². The first kappa shape index (κ1) is 12.2. The van der Waals surface area contributed by atoms with E-state index in [0.717, 1.165) is 5.56 Å². The fraction of sp³-hybridized carbons (Fsp3) is 0.500. The Morgan fingerprint density at radius 1 is 1.53 bits per heavy atom. The smallest absolute Gasteiger partial charge is 0.129 e. The highest BCUT2D eigenvalue weighted by molar-refractivity contribution is 6.17. The van der Waals surface area contributed by atoms with E-state index in [4.69, 9.17) is 17.3 Å². The number of aryl methyl sites for hydroxylation is 1. The topological polar surface area (TPSA) is 79.4 Å². The highest BCUT2D eigenvalue weighted by Gasteiger charge is 2.20. The summed E-state index contributed by atoms with van der Waals surface area (Å²) in [5, 5.41) is 19.4. The SMILES string of the molecule is Cc1cnc(N)c(C(O)C(O)CCCl)c1. The van der Waals surface area contributed by atoms with Crippen LogP contribution in [0.4, 0.5) is 5.82 Å². The summed E-state index contributed by atoms with van der Waals surface area (Å²) in [6.45, 7) is 1.84. The standard InChI is InChI=1S/C10H15ClN2O2/c1-6-4-7(10(12)13-5-6)9(15)8(14)2-3-11/h4-5,8-9,14-15H,2-3H2,1H3,(H2,12,13). The van der Waals surface area contributed by atoms with Crippen LogP contribution in [0.15, 0.2) is 12.3 Å². The summed E-state index contributed by atoms with van der Waals surface area (Å²) in [7, 11) is 0. The van der Waals surface area contributed by atoms with Crippen molar-refractivity contribution >= 4 is 17.4 Å². The summed E-state index contributed by atoms with van der Waals surface area (Å²) in [6.07, 6.45) is -0.0141. The number of hydrogen-bond donors (Lipinski definition) is 3. The van der Waals surface area contributed by atoms with Crippen molar-refractivity contribution in [1.82, 2.24) is 4.98 Å². The van der Waals surface area contributed by atoms with E-state index in [1.807, 2.05) is 6.92 Å². The molecular formula is C10H15ClN2O2. The summed E-state index contributed by atoms with van der Waals surface area (Å²) < 4.78 is 0. The minimum Gasteiger partial charge on any atom is -0.390 e. The van der Waals surface area contributed by atoms with Gasteiger partial charge in [0.15, 0.2) is 0 Å². The van der Waals surface area contributed by atoms with Gasteiger partial charge in [0.1, 0.15) is 11.9 Å². The van der Waals surface area contributed by atoms with Crippen molar-refractivity contribution in [3.8, 4) is 0 Å². The minimum absolute atomic E-state index is 0.238. The predicted molar refractivity (Wildman–Crippen MR) is 59.7 cm³/mol. The normalized spacial score (nSPS) is 14.9. The molecule has 0 saturated heterocycles.